The van der Waals surface area contributed by atoms with Gasteiger partial charge in [-0.3, -0.25) is 0 Å². The van der Waals surface area contributed by atoms with E-state index in [0.29, 0.717) is 4.88 Å². The SMILES string of the molecule is COc1ccc(Cl)cc1S(=O)(=O)NC[C@@](C)(O)c1cc2ccccc2s1. The van der Waals surface area contributed by atoms with Gasteiger partial charge in [0.25, 0.3) is 0 Å². The van der Waals surface area contributed by atoms with Gasteiger partial charge in [-0.1, -0.05) is 29.8 Å². The molecule has 3 rings (SSSR count). The van der Waals surface area contributed by atoms with Crippen molar-refractivity contribution in [3.8, 4) is 5.75 Å². The summed E-state index contributed by atoms with van der Waals surface area (Å²) in [7, 11) is -2.53. The van der Waals surface area contributed by atoms with E-state index in [-0.39, 0.29) is 22.2 Å². The molecule has 0 spiro atoms. The Kier molecular flexibility index (Phi) is 5.28. The Hall–Kier alpha value is -1.64. The summed E-state index contributed by atoms with van der Waals surface area (Å²) in [5, 5.41) is 12.1. The normalized spacial score (nSPS) is 14.3. The van der Waals surface area contributed by atoms with Crippen molar-refractivity contribution in [3.63, 3.8) is 0 Å². The number of rotatable bonds is 6. The Morgan fingerprint density at radius 3 is 2.65 bits per heavy atom. The first-order chi connectivity index (χ1) is 12.2. The van der Waals surface area contributed by atoms with E-state index in [2.05, 4.69) is 4.72 Å². The number of methoxy groups -OCH3 is 1. The number of hydrogen-bond donors (Lipinski definition) is 2. The number of thiophene rings is 1. The molecule has 1 heterocycles. The fourth-order valence-electron chi connectivity index (χ4n) is 2.51. The van der Waals surface area contributed by atoms with Crippen LogP contribution in [0.5, 0.6) is 5.75 Å². The van der Waals surface area contributed by atoms with Crippen molar-refractivity contribution in [3.05, 3.63) is 58.4 Å². The summed E-state index contributed by atoms with van der Waals surface area (Å²) in [6.07, 6.45) is 0. The Balaban J connectivity index is 1.85. The van der Waals surface area contributed by atoms with Gasteiger partial charge in [0.05, 0.1) is 7.11 Å². The third-order valence-corrected chi connectivity index (χ3v) is 7.00. The van der Waals surface area contributed by atoms with Crippen LogP contribution in [0.1, 0.15) is 11.8 Å². The van der Waals surface area contributed by atoms with Crippen LogP contribution in [0.3, 0.4) is 0 Å². The van der Waals surface area contributed by atoms with Crippen molar-refractivity contribution >= 4 is 43.0 Å². The Bertz CT molecular complexity index is 1010. The monoisotopic (exact) mass is 411 g/mol. The van der Waals surface area contributed by atoms with Crippen LogP contribution in [0.2, 0.25) is 5.02 Å². The van der Waals surface area contributed by atoms with Crippen LogP contribution in [-0.2, 0) is 15.6 Å². The number of aliphatic hydroxyl groups is 1. The second-order valence-electron chi connectivity index (χ2n) is 6.04. The summed E-state index contributed by atoms with van der Waals surface area (Å²) in [6.45, 7) is 1.40. The number of benzene rings is 2. The molecule has 0 fully saturated rings. The first kappa shape index (κ1) is 19.1. The average Bonchev–Trinajstić information content (AvgIpc) is 3.05. The number of hydrogen-bond acceptors (Lipinski definition) is 5. The number of nitrogens with one attached hydrogen (secondary N) is 1. The van der Waals surface area contributed by atoms with Crippen molar-refractivity contribution in [1.82, 2.24) is 4.72 Å². The lowest BCUT2D eigenvalue weighted by Gasteiger charge is -2.22. The standard InChI is InChI=1S/C18H18ClNO4S2/c1-18(21,17-9-12-5-3-4-6-15(12)25-17)11-20-26(22,23)16-10-13(19)7-8-14(16)24-2/h3-10,20-21H,11H2,1-2H3/t18-/m1/s1. The molecule has 2 N–H and O–H groups in total. The second-order valence-corrected chi connectivity index (χ2v) is 9.30. The van der Waals surface area contributed by atoms with Gasteiger partial charge in [0.2, 0.25) is 10.0 Å². The molecule has 0 aliphatic rings. The third kappa shape index (κ3) is 3.87. The van der Waals surface area contributed by atoms with E-state index in [1.807, 2.05) is 30.3 Å². The molecular formula is C18H18ClNO4S2. The lowest BCUT2D eigenvalue weighted by molar-refractivity contribution is 0.0666. The van der Waals surface area contributed by atoms with Crippen molar-refractivity contribution in [2.75, 3.05) is 13.7 Å². The molecule has 0 radical (unpaired) electrons. The first-order valence-corrected chi connectivity index (χ1v) is 10.5. The molecule has 2 aromatic carbocycles. The minimum Gasteiger partial charge on any atom is -0.495 e. The van der Waals surface area contributed by atoms with Gasteiger partial charge in [-0.15, -0.1) is 11.3 Å². The fraction of sp³-hybridized carbons (Fsp3) is 0.222. The molecule has 0 aliphatic carbocycles. The maximum absolute atomic E-state index is 12.7. The van der Waals surface area contributed by atoms with Gasteiger partial charge in [-0.25, -0.2) is 13.1 Å². The molecule has 0 unspecified atom stereocenters. The molecule has 0 aliphatic heterocycles. The van der Waals surface area contributed by atoms with Crippen LogP contribution in [0.25, 0.3) is 10.1 Å². The van der Waals surface area contributed by atoms with E-state index in [1.165, 1.54) is 30.6 Å². The molecule has 0 bridgehead atoms. The Morgan fingerprint density at radius 1 is 1.23 bits per heavy atom. The highest BCUT2D eigenvalue weighted by molar-refractivity contribution is 7.89. The van der Waals surface area contributed by atoms with Crippen LogP contribution < -0.4 is 9.46 Å². The molecule has 3 aromatic rings. The second kappa shape index (κ2) is 7.17. The summed E-state index contributed by atoms with van der Waals surface area (Å²) in [4.78, 5) is 0.610. The van der Waals surface area contributed by atoms with Gasteiger partial charge >= 0.3 is 0 Å². The van der Waals surface area contributed by atoms with Gasteiger partial charge in [0.15, 0.2) is 0 Å². The van der Waals surface area contributed by atoms with Crippen molar-refractivity contribution in [2.24, 2.45) is 0 Å². The maximum Gasteiger partial charge on any atom is 0.244 e. The highest BCUT2D eigenvalue weighted by Crippen LogP contribution is 2.33. The van der Waals surface area contributed by atoms with Gasteiger partial charge < -0.3 is 9.84 Å². The molecule has 26 heavy (non-hydrogen) atoms. The van der Waals surface area contributed by atoms with Crippen LogP contribution in [0, 0.1) is 0 Å². The molecule has 138 valence electrons. The van der Waals surface area contributed by atoms with Crippen molar-refractivity contribution < 1.29 is 18.3 Å². The van der Waals surface area contributed by atoms with Gasteiger partial charge in [0.1, 0.15) is 16.2 Å². The largest absolute Gasteiger partial charge is 0.495 e. The lowest BCUT2D eigenvalue weighted by atomic mass is 10.1. The Morgan fingerprint density at radius 2 is 1.96 bits per heavy atom. The minimum absolute atomic E-state index is 0.0698. The van der Waals surface area contributed by atoms with E-state index >= 15 is 0 Å². The zero-order valence-electron chi connectivity index (χ0n) is 14.2. The molecule has 1 aromatic heterocycles. The number of halogens is 1. The van der Waals surface area contributed by atoms with Crippen LogP contribution >= 0.6 is 22.9 Å². The zero-order chi connectivity index (χ0) is 18.9. The molecule has 0 saturated carbocycles. The van der Waals surface area contributed by atoms with E-state index in [0.717, 1.165) is 10.1 Å². The molecule has 1 atom stereocenters. The number of sulfonamides is 1. The third-order valence-electron chi connectivity index (χ3n) is 3.98. The summed E-state index contributed by atoms with van der Waals surface area (Å²) in [6, 6.07) is 14.0. The highest BCUT2D eigenvalue weighted by Gasteiger charge is 2.29. The fourth-order valence-corrected chi connectivity index (χ4v) is 5.18. The van der Waals surface area contributed by atoms with Gasteiger partial charge in [0, 0.05) is 21.1 Å². The predicted molar refractivity (Wildman–Crippen MR) is 105 cm³/mol. The zero-order valence-corrected chi connectivity index (χ0v) is 16.6. The quantitative estimate of drug-likeness (QED) is 0.647. The smallest absolute Gasteiger partial charge is 0.244 e. The molecule has 0 saturated heterocycles. The minimum atomic E-state index is -3.91. The lowest BCUT2D eigenvalue weighted by Crippen LogP contribution is -2.38. The first-order valence-electron chi connectivity index (χ1n) is 7.77. The summed E-state index contributed by atoms with van der Waals surface area (Å²) in [5.41, 5.74) is -1.36. The van der Waals surface area contributed by atoms with Crippen LogP contribution in [0.4, 0.5) is 0 Å². The molecule has 8 heteroatoms. The Labute approximate surface area is 161 Å². The topological polar surface area (TPSA) is 75.6 Å². The average molecular weight is 412 g/mol. The predicted octanol–water partition coefficient (Wildman–Crippen LogP) is 3.75. The van der Waals surface area contributed by atoms with Gasteiger partial charge in [-0.05, 0) is 42.6 Å². The van der Waals surface area contributed by atoms with E-state index in [9.17, 15) is 13.5 Å². The summed E-state index contributed by atoms with van der Waals surface area (Å²) >= 11 is 7.35. The van der Waals surface area contributed by atoms with Crippen LogP contribution in [0.15, 0.2) is 53.4 Å². The molecule has 5 nitrogen and oxygen atoms in total. The maximum atomic E-state index is 12.7. The molecular weight excluding hydrogens is 394 g/mol. The van der Waals surface area contributed by atoms with E-state index in [4.69, 9.17) is 16.3 Å². The van der Waals surface area contributed by atoms with E-state index < -0.39 is 15.6 Å². The summed E-state index contributed by atoms with van der Waals surface area (Å²) < 4.78 is 33.9. The van der Waals surface area contributed by atoms with E-state index in [1.54, 1.807) is 13.0 Å². The van der Waals surface area contributed by atoms with Crippen molar-refractivity contribution in [1.29, 1.82) is 0 Å². The summed E-state index contributed by atoms with van der Waals surface area (Å²) in [5.74, 6) is 0.184. The highest BCUT2D eigenvalue weighted by atomic mass is 35.5. The van der Waals surface area contributed by atoms with Gasteiger partial charge in [-0.2, -0.15) is 0 Å². The number of ether oxygens (including phenoxy) is 1. The number of fused-ring (bicyclic) bond motifs is 1. The van der Waals surface area contributed by atoms with Crippen molar-refractivity contribution in [2.45, 2.75) is 17.4 Å². The molecule has 0 amide bonds. The van der Waals surface area contributed by atoms with Crippen LogP contribution in [-0.4, -0.2) is 27.2 Å².